The van der Waals surface area contributed by atoms with Crippen LogP contribution in [0.2, 0.25) is 0 Å². The molecule has 2 aromatic carbocycles. The van der Waals surface area contributed by atoms with Gasteiger partial charge in [0, 0.05) is 18.0 Å². The van der Waals surface area contributed by atoms with Crippen LogP contribution >= 0.6 is 0 Å². The number of nitrogens with one attached hydrogen (secondary N) is 1. The van der Waals surface area contributed by atoms with E-state index in [-0.39, 0.29) is 29.5 Å². The second kappa shape index (κ2) is 11.3. The maximum absolute atomic E-state index is 5.47. The number of hydrogen-bond donors (Lipinski definition) is 1. The average Bonchev–Trinajstić information content (AvgIpc) is 3.44. The van der Waals surface area contributed by atoms with Gasteiger partial charge in [0.05, 0.1) is 14.2 Å². The summed E-state index contributed by atoms with van der Waals surface area (Å²) in [6.45, 7) is 0. The van der Waals surface area contributed by atoms with Crippen LogP contribution in [-0.4, -0.2) is 14.2 Å². The van der Waals surface area contributed by atoms with Gasteiger partial charge in [0.1, 0.15) is 23.0 Å². The van der Waals surface area contributed by atoms with Crippen molar-refractivity contribution >= 4 is 5.69 Å². The molecule has 0 fully saturated rings. The Balaban J connectivity index is 0.000000455. The Morgan fingerprint density at radius 1 is 0.926 bits per heavy atom. The Bertz CT molecular complexity index is 773. The molecule has 0 aromatic heterocycles. The topological polar surface area (TPSA) is 33.7 Å². The van der Waals surface area contributed by atoms with Crippen molar-refractivity contribution in [2.24, 2.45) is 0 Å². The van der Waals surface area contributed by atoms with E-state index in [9.17, 15) is 0 Å². The van der Waals surface area contributed by atoms with Crippen LogP contribution in [0.4, 0.5) is 5.69 Å². The number of anilines is 1. The van der Waals surface area contributed by atoms with E-state index in [2.05, 4.69) is 17.5 Å². The van der Waals surface area contributed by atoms with E-state index in [1.165, 1.54) is 0 Å². The number of halogens is 1. The maximum Gasteiger partial charge on any atom is 2.00 e. The first-order valence-corrected chi connectivity index (χ1v) is 8.04. The molecule has 0 radical (unpaired) electrons. The Morgan fingerprint density at radius 2 is 1.52 bits per heavy atom. The Kier molecular flexibility index (Phi) is 9.45. The third kappa shape index (κ3) is 5.27. The molecular formula is C21H21ClFeN2O2. The minimum atomic E-state index is 0. The predicted molar refractivity (Wildman–Crippen MR) is 102 cm³/mol. The van der Waals surface area contributed by atoms with Crippen molar-refractivity contribution in [2.75, 3.05) is 19.1 Å². The summed E-state index contributed by atoms with van der Waals surface area (Å²) in [6, 6.07) is 15.8. The molecule has 4 rings (SSSR count). The summed E-state index contributed by atoms with van der Waals surface area (Å²) in [6.07, 6.45) is 12.0. The fourth-order valence-corrected chi connectivity index (χ4v) is 2.67. The molecule has 2 aromatic rings. The molecule has 1 aliphatic heterocycles. The van der Waals surface area contributed by atoms with Crippen LogP contribution in [0.1, 0.15) is 0 Å². The van der Waals surface area contributed by atoms with Crippen LogP contribution in [0.15, 0.2) is 96.6 Å². The first kappa shape index (κ1) is 22.6. The van der Waals surface area contributed by atoms with E-state index in [0.717, 1.165) is 28.6 Å². The zero-order chi connectivity index (χ0) is 17.5. The van der Waals surface area contributed by atoms with Gasteiger partial charge in [-0.1, -0.05) is 30.4 Å². The van der Waals surface area contributed by atoms with Crippen LogP contribution in [-0.2, 0) is 17.1 Å². The SMILES string of the molecule is COc1cccc(OC)c1N1C=CNC1=C1C=CC=C1.[Cl-].[Fe+2].c1cc[cH-]c1. The summed E-state index contributed by atoms with van der Waals surface area (Å²) in [4.78, 5) is 2.03. The van der Waals surface area contributed by atoms with Gasteiger partial charge < -0.3 is 27.2 Å². The fourth-order valence-electron chi connectivity index (χ4n) is 2.67. The number of nitrogens with zero attached hydrogens (tertiary/aromatic N) is 1. The zero-order valence-electron chi connectivity index (χ0n) is 15.1. The molecule has 1 aliphatic carbocycles. The average molecular weight is 425 g/mol. The number of para-hydroxylation sites is 1. The summed E-state index contributed by atoms with van der Waals surface area (Å²) >= 11 is 0. The van der Waals surface area contributed by atoms with Gasteiger partial charge >= 0.3 is 17.1 Å². The number of methoxy groups -OCH3 is 2. The van der Waals surface area contributed by atoms with Crippen LogP contribution in [0, 0.1) is 0 Å². The first-order chi connectivity index (χ1) is 12.3. The van der Waals surface area contributed by atoms with E-state index in [0.29, 0.717) is 0 Å². The summed E-state index contributed by atoms with van der Waals surface area (Å²) in [5.74, 6) is 2.52. The molecule has 1 N–H and O–H groups in total. The first-order valence-electron chi connectivity index (χ1n) is 8.04. The molecule has 0 saturated heterocycles. The van der Waals surface area contributed by atoms with Crippen molar-refractivity contribution in [1.29, 1.82) is 0 Å². The molecule has 142 valence electrons. The third-order valence-corrected chi connectivity index (χ3v) is 3.82. The predicted octanol–water partition coefficient (Wildman–Crippen LogP) is 1.33. The van der Waals surface area contributed by atoms with Gasteiger partial charge in [0.25, 0.3) is 0 Å². The number of hydrogen-bond acceptors (Lipinski definition) is 4. The molecule has 0 saturated carbocycles. The van der Waals surface area contributed by atoms with Crippen LogP contribution < -0.4 is 32.1 Å². The van der Waals surface area contributed by atoms with Gasteiger partial charge in [-0.2, -0.15) is 18.2 Å². The maximum atomic E-state index is 5.47. The van der Waals surface area contributed by atoms with Crippen LogP contribution in [0.25, 0.3) is 0 Å². The Morgan fingerprint density at radius 3 is 2.00 bits per heavy atom. The summed E-state index contributed by atoms with van der Waals surface area (Å²) in [7, 11) is 3.32. The molecule has 0 unspecified atom stereocenters. The molecular weight excluding hydrogens is 404 g/mol. The third-order valence-electron chi connectivity index (χ3n) is 3.82. The van der Waals surface area contributed by atoms with E-state index in [4.69, 9.17) is 9.47 Å². The molecule has 0 atom stereocenters. The van der Waals surface area contributed by atoms with Crippen molar-refractivity contribution in [3.63, 3.8) is 0 Å². The van der Waals surface area contributed by atoms with Gasteiger partial charge in [0.15, 0.2) is 0 Å². The minimum Gasteiger partial charge on any atom is -1.00 e. The van der Waals surface area contributed by atoms with Gasteiger partial charge in [-0.15, -0.1) is 0 Å². The van der Waals surface area contributed by atoms with E-state index in [1.54, 1.807) is 14.2 Å². The van der Waals surface area contributed by atoms with Crippen molar-refractivity contribution in [3.05, 3.63) is 96.6 Å². The fraction of sp³-hybridized carbons (Fsp3) is 0.0952. The monoisotopic (exact) mass is 424 g/mol. The van der Waals surface area contributed by atoms with Crippen molar-refractivity contribution in [1.82, 2.24) is 5.32 Å². The summed E-state index contributed by atoms with van der Waals surface area (Å²) < 4.78 is 10.9. The smallest absolute Gasteiger partial charge is 1.00 e. The second-order valence-electron chi connectivity index (χ2n) is 5.33. The number of allylic oxidation sites excluding steroid dienone is 5. The molecule has 0 amide bonds. The molecule has 4 nitrogen and oxygen atoms in total. The molecule has 2 aliphatic rings. The van der Waals surface area contributed by atoms with E-state index in [1.807, 2.05) is 78.0 Å². The van der Waals surface area contributed by atoms with Gasteiger partial charge in [-0.25, -0.2) is 12.1 Å². The molecule has 1 heterocycles. The Labute approximate surface area is 177 Å². The van der Waals surface area contributed by atoms with Crippen LogP contribution in [0.5, 0.6) is 11.5 Å². The van der Waals surface area contributed by atoms with Gasteiger partial charge in [0.2, 0.25) is 0 Å². The van der Waals surface area contributed by atoms with Crippen LogP contribution in [0.3, 0.4) is 0 Å². The van der Waals surface area contributed by atoms with E-state index < -0.39 is 0 Å². The Hall–Kier alpha value is -2.46. The molecule has 27 heavy (non-hydrogen) atoms. The molecule has 0 bridgehead atoms. The number of benzene rings is 1. The standard InChI is InChI=1S/C16H16N2O2.C5H5.ClH.Fe/c1-19-13-8-5-9-14(20-2)15(13)18-11-10-17-16(18)12-6-3-4-7-12;1-2-4-5-3-1;;/h3-11,17H,1-2H3;1-5H;1H;/q;-1;;+2/p-1. The normalized spacial score (nSPS) is 13.3. The zero-order valence-corrected chi connectivity index (χ0v) is 16.9. The van der Waals surface area contributed by atoms with Gasteiger partial charge in [-0.05, 0) is 12.1 Å². The number of rotatable bonds is 3. The van der Waals surface area contributed by atoms with Crippen molar-refractivity contribution in [3.8, 4) is 11.5 Å². The van der Waals surface area contributed by atoms with Crippen molar-refractivity contribution in [2.45, 2.75) is 0 Å². The van der Waals surface area contributed by atoms with E-state index >= 15 is 0 Å². The quantitative estimate of drug-likeness (QED) is 0.595. The number of ether oxygens (including phenoxy) is 2. The molecule has 6 heteroatoms. The minimum absolute atomic E-state index is 0. The second-order valence-corrected chi connectivity index (χ2v) is 5.33. The largest absolute Gasteiger partial charge is 2.00 e. The van der Waals surface area contributed by atoms with Crippen molar-refractivity contribution < 1.29 is 38.9 Å². The molecule has 0 spiro atoms. The summed E-state index contributed by atoms with van der Waals surface area (Å²) in [5, 5.41) is 3.26. The van der Waals surface area contributed by atoms with Gasteiger partial charge in [-0.3, -0.25) is 4.90 Å². The summed E-state index contributed by atoms with van der Waals surface area (Å²) in [5.41, 5.74) is 2.00.